The number of rotatable bonds is 3. The summed E-state index contributed by atoms with van der Waals surface area (Å²) in [5.41, 5.74) is 1.28. The predicted octanol–water partition coefficient (Wildman–Crippen LogP) is 5.02. The van der Waals surface area contributed by atoms with Crippen molar-refractivity contribution in [2.45, 2.75) is 38.3 Å². The zero-order valence-electron chi connectivity index (χ0n) is 19.1. The van der Waals surface area contributed by atoms with Gasteiger partial charge < -0.3 is 14.4 Å². The maximum atomic E-state index is 14.4. The number of amides is 1. The molecule has 2 aliphatic heterocycles. The average Bonchev–Trinajstić information content (AvgIpc) is 2.82. The summed E-state index contributed by atoms with van der Waals surface area (Å²) < 4.78 is 26.1. The molecule has 0 spiro atoms. The second kappa shape index (κ2) is 11.3. The minimum atomic E-state index is -0.282. The van der Waals surface area contributed by atoms with Gasteiger partial charge in [-0.15, -0.1) is 0 Å². The van der Waals surface area contributed by atoms with Gasteiger partial charge in [-0.3, -0.25) is 9.69 Å². The maximum absolute atomic E-state index is 14.4. The number of piperidine rings is 1. The van der Waals surface area contributed by atoms with Gasteiger partial charge in [0, 0.05) is 55.4 Å². The number of halogens is 2. The van der Waals surface area contributed by atoms with Crippen LogP contribution in [-0.4, -0.2) is 61.7 Å². The van der Waals surface area contributed by atoms with E-state index in [4.69, 9.17) is 21.1 Å². The van der Waals surface area contributed by atoms with Crippen LogP contribution in [0.4, 0.5) is 4.39 Å². The minimum absolute atomic E-state index is 0.0507. The van der Waals surface area contributed by atoms with Crippen molar-refractivity contribution in [3.63, 3.8) is 0 Å². The normalized spacial score (nSPS) is 22.9. The molecular weight excluding hydrogens is 443 g/mol. The number of nitrogens with zero attached hydrogens (tertiary/aromatic N) is 2. The third-order valence-electron chi connectivity index (χ3n) is 6.72. The van der Waals surface area contributed by atoms with Crippen LogP contribution in [0.1, 0.15) is 41.6 Å². The number of ether oxygens (including phenoxy) is 2. The molecule has 0 aromatic heterocycles. The molecule has 2 aliphatic rings. The first-order chi connectivity index (χ1) is 16.0. The Kier molecular flexibility index (Phi) is 8.23. The van der Waals surface area contributed by atoms with Gasteiger partial charge in [0.15, 0.2) is 0 Å². The van der Waals surface area contributed by atoms with E-state index < -0.39 is 0 Å². The van der Waals surface area contributed by atoms with Crippen LogP contribution in [0.2, 0.25) is 5.02 Å². The lowest BCUT2D eigenvalue weighted by molar-refractivity contribution is -0.00677. The molecule has 2 heterocycles. The van der Waals surface area contributed by atoms with Crippen LogP contribution in [0.3, 0.4) is 0 Å². The summed E-state index contributed by atoms with van der Waals surface area (Å²) in [6, 6.07) is 12.3. The van der Waals surface area contributed by atoms with Gasteiger partial charge in [-0.1, -0.05) is 30.2 Å². The minimum Gasteiger partial charge on any atom is -0.492 e. The lowest BCUT2D eigenvalue weighted by atomic mass is 9.89. The zero-order valence-corrected chi connectivity index (χ0v) is 19.9. The summed E-state index contributed by atoms with van der Waals surface area (Å²) in [7, 11) is 1.76. The van der Waals surface area contributed by atoms with Crippen molar-refractivity contribution < 1.29 is 18.7 Å². The lowest BCUT2D eigenvalue weighted by Crippen LogP contribution is -2.46. The fourth-order valence-electron chi connectivity index (χ4n) is 4.88. The molecular formula is C26H32ClFN2O3. The third kappa shape index (κ3) is 6.25. The first-order valence-electron chi connectivity index (χ1n) is 11.7. The molecule has 4 bridgehead atoms. The molecule has 0 unspecified atom stereocenters. The van der Waals surface area contributed by atoms with E-state index in [2.05, 4.69) is 4.90 Å². The Labute approximate surface area is 200 Å². The van der Waals surface area contributed by atoms with Gasteiger partial charge in [-0.05, 0) is 56.1 Å². The summed E-state index contributed by atoms with van der Waals surface area (Å²) in [5.74, 6) is 0.765. The summed E-state index contributed by atoms with van der Waals surface area (Å²) in [5, 5.41) is 0.403. The van der Waals surface area contributed by atoms with Crippen LogP contribution in [0, 0.1) is 11.7 Å². The zero-order chi connectivity index (χ0) is 23.2. The first kappa shape index (κ1) is 24.0. The molecule has 4 rings (SSSR count). The van der Waals surface area contributed by atoms with Crippen LogP contribution in [0.5, 0.6) is 5.75 Å². The molecule has 0 saturated carbocycles. The van der Waals surface area contributed by atoms with Crippen LogP contribution in [-0.2, 0) is 11.3 Å². The van der Waals surface area contributed by atoms with Crippen LogP contribution in [0.15, 0.2) is 42.5 Å². The van der Waals surface area contributed by atoms with Gasteiger partial charge in [0.25, 0.3) is 5.91 Å². The number of hydrogen-bond donors (Lipinski definition) is 0. The van der Waals surface area contributed by atoms with Crippen molar-refractivity contribution in [2.24, 2.45) is 5.92 Å². The van der Waals surface area contributed by atoms with Crippen molar-refractivity contribution in [1.29, 1.82) is 0 Å². The van der Waals surface area contributed by atoms with Gasteiger partial charge in [-0.2, -0.15) is 0 Å². The van der Waals surface area contributed by atoms with Crippen molar-refractivity contribution in [1.82, 2.24) is 9.80 Å². The average molecular weight is 475 g/mol. The van der Waals surface area contributed by atoms with E-state index in [0.717, 1.165) is 32.2 Å². The van der Waals surface area contributed by atoms with E-state index in [0.29, 0.717) is 60.6 Å². The first-order valence-corrected chi connectivity index (χ1v) is 12.1. The Hall–Kier alpha value is -2.15. The Bertz CT molecular complexity index is 957. The van der Waals surface area contributed by atoms with E-state index in [1.807, 2.05) is 29.2 Å². The molecule has 0 radical (unpaired) electrons. The largest absolute Gasteiger partial charge is 0.492 e. The highest BCUT2D eigenvalue weighted by Gasteiger charge is 2.31. The fourth-order valence-corrected chi connectivity index (χ4v) is 5.04. The van der Waals surface area contributed by atoms with E-state index in [9.17, 15) is 9.18 Å². The second-order valence-corrected chi connectivity index (χ2v) is 9.39. The highest BCUT2D eigenvalue weighted by Crippen LogP contribution is 2.27. The Morgan fingerprint density at radius 1 is 1.12 bits per heavy atom. The van der Waals surface area contributed by atoms with E-state index in [1.165, 1.54) is 6.07 Å². The molecule has 5 nitrogen and oxygen atoms in total. The van der Waals surface area contributed by atoms with Crippen molar-refractivity contribution in [3.8, 4) is 5.75 Å². The molecule has 0 N–H and O–H groups in total. The van der Waals surface area contributed by atoms with Crippen LogP contribution >= 0.6 is 11.6 Å². The smallest absolute Gasteiger partial charge is 0.254 e. The van der Waals surface area contributed by atoms with Crippen molar-refractivity contribution in [2.75, 3.05) is 39.9 Å². The van der Waals surface area contributed by atoms with Crippen LogP contribution in [0.25, 0.3) is 0 Å². The van der Waals surface area contributed by atoms with E-state index >= 15 is 0 Å². The SMILES string of the molecule is CO[C@@H]1CCN2C[C@@H]1CCCCN(Cc1ccc(Cl)cc1F)CCOc1cccc(c1)C2=O. The van der Waals surface area contributed by atoms with Gasteiger partial charge in [0.2, 0.25) is 0 Å². The molecule has 0 aliphatic carbocycles. The highest BCUT2D eigenvalue weighted by atomic mass is 35.5. The van der Waals surface area contributed by atoms with Gasteiger partial charge >= 0.3 is 0 Å². The maximum Gasteiger partial charge on any atom is 0.254 e. The van der Waals surface area contributed by atoms with Crippen molar-refractivity contribution in [3.05, 3.63) is 64.4 Å². The third-order valence-corrected chi connectivity index (χ3v) is 6.95. The monoisotopic (exact) mass is 474 g/mol. The number of carbonyl (C=O) groups excluding carboxylic acids is 1. The van der Waals surface area contributed by atoms with Crippen molar-refractivity contribution >= 4 is 17.5 Å². The number of hydrogen-bond acceptors (Lipinski definition) is 4. The summed E-state index contributed by atoms with van der Waals surface area (Å²) in [6.07, 6.45) is 4.05. The Morgan fingerprint density at radius 2 is 2.00 bits per heavy atom. The molecule has 7 heteroatoms. The quantitative estimate of drug-likeness (QED) is 0.626. The molecule has 1 saturated heterocycles. The number of carbonyl (C=O) groups is 1. The highest BCUT2D eigenvalue weighted by molar-refractivity contribution is 6.30. The van der Waals surface area contributed by atoms with E-state index in [1.54, 1.807) is 19.2 Å². The summed E-state index contributed by atoms with van der Waals surface area (Å²) >= 11 is 5.92. The molecule has 1 amide bonds. The number of methoxy groups -OCH3 is 1. The Morgan fingerprint density at radius 3 is 2.82 bits per heavy atom. The molecule has 2 aromatic carbocycles. The molecule has 1 fully saturated rings. The molecule has 2 aromatic rings. The molecule has 33 heavy (non-hydrogen) atoms. The molecule has 178 valence electrons. The topological polar surface area (TPSA) is 42.0 Å². The second-order valence-electron chi connectivity index (χ2n) is 8.96. The fraction of sp³-hybridized carbons (Fsp3) is 0.500. The van der Waals surface area contributed by atoms with Gasteiger partial charge in [0.05, 0.1) is 6.10 Å². The van der Waals surface area contributed by atoms with E-state index in [-0.39, 0.29) is 17.8 Å². The Balaban J connectivity index is 1.51. The summed E-state index contributed by atoms with van der Waals surface area (Å²) in [6.45, 7) is 3.89. The summed E-state index contributed by atoms with van der Waals surface area (Å²) in [4.78, 5) is 17.3. The number of benzene rings is 2. The molecule has 2 atom stereocenters. The predicted molar refractivity (Wildman–Crippen MR) is 127 cm³/mol. The van der Waals surface area contributed by atoms with Gasteiger partial charge in [-0.25, -0.2) is 4.39 Å². The van der Waals surface area contributed by atoms with Crippen LogP contribution < -0.4 is 4.74 Å². The standard InChI is InChI=1S/C26H32ClFN2O3/c1-32-25-10-12-30-18-21(25)5-2-3-11-29(17-20-8-9-22(27)16-24(20)28)13-14-33-23-7-4-6-19(15-23)26(30)31/h4,6-9,15-16,21,25H,2-3,5,10-14,17-18H2,1H3/t21-,25+/m0/s1. The van der Waals surface area contributed by atoms with Gasteiger partial charge in [0.1, 0.15) is 18.2 Å². The lowest BCUT2D eigenvalue weighted by Gasteiger charge is -2.38. The number of fused-ring (bicyclic) bond motifs is 4.